The molecule has 2 aromatic carbocycles. The van der Waals surface area contributed by atoms with Crippen LogP contribution in [0.1, 0.15) is 16.7 Å². The molecule has 2 aromatic rings. The maximum atomic E-state index is 5.34. The molecule has 0 aliphatic heterocycles. The highest BCUT2D eigenvalue weighted by atomic mass is 16.5. The molecule has 2 rings (SSSR count). The number of hydrogen-bond acceptors (Lipinski definition) is 3. The molecule has 3 heteroatoms. The average Bonchev–Trinajstić information content (AvgIpc) is 2.48. The minimum absolute atomic E-state index is 0.782. The number of hydrogen-bond donors (Lipinski definition) is 1. The number of anilines is 1. The van der Waals surface area contributed by atoms with Crippen molar-refractivity contribution in [1.29, 1.82) is 0 Å². The van der Waals surface area contributed by atoms with E-state index in [0.717, 1.165) is 29.3 Å². The molecule has 20 heavy (non-hydrogen) atoms. The molecule has 0 aliphatic rings. The van der Waals surface area contributed by atoms with Crippen molar-refractivity contribution < 1.29 is 9.47 Å². The van der Waals surface area contributed by atoms with Gasteiger partial charge in [0.05, 0.1) is 14.2 Å². The third kappa shape index (κ3) is 3.23. The summed E-state index contributed by atoms with van der Waals surface area (Å²) < 4.78 is 10.6. The van der Waals surface area contributed by atoms with Crippen LogP contribution in [0.3, 0.4) is 0 Å². The molecule has 0 saturated carbocycles. The Morgan fingerprint density at radius 1 is 0.950 bits per heavy atom. The van der Waals surface area contributed by atoms with Crippen LogP contribution < -0.4 is 14.8 Å². The molecule has 0 amide bonds. The van der Waals surface area contributed by atoms with Crippen LogP contribution in [0.4, 0.5) is 5.69 Å². The fourth-order valence-corrected chi connectivity index (χ4v) is 2.19. The van der Waals surface area contributed by atoms with E-state index in [2.05, 4.69) is 31.3 Å². The predicted molar refractivity (Wildman–Crippen MR) is 82.8 cm³/mol. The van der Waals surface area contributed by atoms with E-state index in [-0.39, 0.29) is 0 Å². The molecule has 0 bridgehead atoms. The summed E-state index contributed by atoms with van der Waals surface area (Å²) in [6.45, 7) is 4.95. The minimum atomic E-state index is 0.782. The highest BCUT2D eigenvalue weighted by Gasteiger charge is 2.05. The van der Waals surface area contributed by atoms with Gasteiger partial charge in [-0.3, -0.25) is 0 Å². The Hall–Kier alpha value is -2.16. The lowest BCUT2D eigenvalue weighted by Crippen LogP contribution is -2.02. The Balaban J connectivity index is 2.12. The van der Waals surface area contributed by atoms with Gasteiger partial charge in [-0.1, -0.05) is 12.1 Å². The van der Waals surface area contributed by atoms with Gasteiger partial charge in [0.2, 0.25) is 0 Å². The van der Waals surface area contributed by atoms with Gasteiger partial charge in [0.15, 0.2) is 0 Å². The summed E-state index contributed by atoms with van der Waals surface area (Å²) in [5, 5.41) is 3.42. The number of benzene rings is 2. The van der Waals surface area contributed by atoms with Crippen molar-refractivity contribution in [3.05, 3.63) is 53.1 Å². The van der Waals surface area contributed by atoms with E-state index in [4.69, 9.17) is 9.47 Å². The van der Waals surface area contributed by atoms with E-state index < -0.39 is 0 Å². The number of aryl methyl sites for hydroxylation is 2. The van der Waals surface area contributed by atoms with Gasteiger partial charge in [-0.05, 0) is 48.7 Å². The van der Waals surface area contributed by atoms with Crippen molar-refractivity contribution >= 4 is 5.69 Å². The van der Waals surface area contributed by atoms with E-state index in [1.807, 2.05) is 24.3 Å². The van der Waals surface area contributed by atoms with Crippen molar-refractivity contribution in [2.75, 3.05) is 19.5 Å². The van der Waals surface area contributed by atoms with Crippen LogP contribution in [-0.2, 0) is 6.54 Å². The zero-order valence-electron chi connectivity index (χ0n) is 12.5. The number of ether oxygens (including phenoxy) is 2. The molecule has 0 saturated heterocycles. The van der Waals surface area contributed by atoms with Gasteiger partial charge in [-0.2, -0.15) is 0 Å². The fraction of sp³-hybridized carbons (Fsp3) is 0.294. The highest BCUT2D eigenvalue weighted by molar-refractivity contribution is 5.50. The lowest BCUT2D eigenvalue weighted by molar-refractivity contribution is 0.411. The van der Waals surface area contributed by atoms with Crippen LogP contribution in [0, 0.1) is 13.8 Å². The van der Waals surface area contributed by atoms with Crippen molar-refractivity contribution in [3.8, 4) is 11.5 Å². The molecule has 0 aliphatic carbocycles. The Bertz CT molecular complexity index is 594. The third-order valence-electron chi connectivity index (χ3n) is 3.41. The molecule has 3 nitrogen and oxygen atoms in total. The molecule has 0 atom stereocenters. The molecule has 0 unspecified atom stereocenters. The Kier molecular flexibility index (Phi) is 4.51. The van der Waals surface area contributed by atoms with E-state index in [0.29, 0.717) is 0 Å². The summed E-state index contributed by atoms with van der Waals surface area (Å²) >= 11 is 0. The first kappa shape index (κ1) is 14.3. The molecular weight excluding hydrogens is 250 g/mol. The number of nitrogens with one attached hydrogen (secondary N) is 1. The summed E-state index contributed by atoms with van der Waals surface area (Å²) in [6.07, 6.45) is 0. The zero-order chi connectivity index (χ0) is 14.5. The van der Waals surface area contributed by atoms with Gasteiger partial charge < -0.3 is 14.8 Å². The van der Waals surface area contributed by atoms with Gasteiger partial charge in [-0.25, -0.2) is 0 Å². The molecule has 0 spiro atoms. The SMILES string of the molecule is COc1cccc(NCc2cc(C)c(OC)cc2C)c1. The minimum Gasteiger partial charge on any atom is -0.497 e. The number of methoxy groups -OCH3 is 2. The smallest absolute Gasteiger partial charge is 0.122 e. The van der Waals surface area contributed by atoms with Gasteiger partial charge in [0, 0.05) is 18.3 Å². The zero-order valence-corrected chi connectivity index (χ0v) is 12.5. The Morgan fingerprint density at radius 2 is 1.75 bits per heavy atom. The molecule has 1 N–H and O–H groups in total. The molecule has 0 aromatic heterocycles. The van der Waals surface area contributed by atoms with E-state index in [1.54, 1.807) is 14.2 Å². The van der Waals surface area contributed by atoms with Gasteiger partial charge in [-0.15, -0.1) is 0 Å². The van der Waals surface area contributed by atoms with E-state index in [1.165, 1.54) is 11.1 Å². The van der Waals surface area contributed by atoms with E-state index in [9.17, 15) is 0 Å². The third-order valence-corrected chi connectivity index (χ3v) is 3.41. The molecule has 0 radical (unpaired) electrons. The second kappa shape index (κ2) is 6.33. The van der Waals surface area contributed by atoms with Crippen LogP contribution >= 0.6 is 0 Å². The second-order valence-electron chi connectivity index (χ2n) is 4.83. The normalized spacial score (nSPS) is 10.2. The van der Waals surface area contributed by atoms with Gasteiger partial charge in [0.1, 0.15) is 11.5 Å². The Labute approximate surface area is 120 Å². The highest BCUT2D eigenvalue weighted by Crippen LogP contribution is 2.24. The van der Waals surface area contributed by atoms with Crippen molar-refractivity contribution in [3.63, 3.8) is 0 Å². The molecular formula is C17H21NO2. The first-order chi connectivity index (χ1) is 9.63. The first-order valence-electron chi connectivity index (χ1n) is 6.66. The standard InChI is InChI=1S/C17H21NO2/c1-12-9-17(20-4)13(2)8-14(12)11-18-15-6-5-7-16(10-15)19-3/h5-10,18H,11H2,1-4H3. The lowest BCUT2D eigenvalue weighted by atomic mass is 10.0. The predicted octanol–water partition coefficient (Wildman–Crippen LogP) is 3.93. The average molecular weight is 271 g/mol. The lowest BCUT2D eigenvalue weighted by Gasteiger charge is -2.13. The summed E-state index contributed by atoms with van der Waals surface area (Å²) in [5.74, 6) is 1.80. The van der Waals surface area contributed by atoms with Gasteiger partial charge in [0.25, 0.3) is 0 Å². The van der Waals surface area contributed by atoms with Crippen LogP contribution in [0.15, 0.2) is 36.4 Å². The van der Waals surface area contributed by atoms with Gasteiger partial charge >= 0.3 is 0 Å². The van der Waals surface area contributed by atoms with E-state index >= 15 is 0 Å². The quantitative estimate of drug-likeness (QED) is 0.893. The topological polar surface area (TPSA) is 30.5 Å². The maximum Gasteiger partial charge on any atom is 0.122 e. The molecule has 106 valence electrons. The summed E-state index contributed by atoms with van der Waals surface area (Å²) in [4.78, 5) is 0. The largest absolute Gasteiger partial charge is 0.497 e. The van der Waals surface area contributed by atoms with Crippen LogP contribution in [0.5, 0.6) is 11.5 Å². The van der Waals surface area contributed by atoms with Crippen molar-refractivity contribution in [2.24, 2.45) is 0 Å². The summed E-state index contributed by atoms with van der Waals surface area (Å²) in [7, 11) is 3.38. The second-order valence-corrected chi connectivity index (χ2v) is 4.83. The summed E-state index contributed by atoms with van der Waals surface area (Å²) in [6, 6.07) is 12.2. The number of rotatable bonds is 5. The summed E-state index contributed by atoms with van der Waals surface area (Å²) in [5.41, 5.74) is 4.70. The van der Waals surface area contributed by atoms with Crippen molar-refractivity contribution in [2.45, 2.75) is 20.4 Å². The van der Waals surface area contributed by atoms with Crippen LogP contribution in [0.2, 0.25) is 0 Å². The van der Waals surface area contributed by atoms with Crippen LogP contribution in [0.25, 0.3) is 0 Å². The molecule has 0 heterocycles. The Morgan fingerprint density at radius 3 is 2.45 bits per heavy atom. The van der Waals surface area contributed by atoms with Crippen molar-refractivity contribution in [1.82, 2.24) is 0 Å². The first-order valence-corrected chi connectivity index (χ1v) is 6.66. The monoisotopic (exact) mass is 271 g/mol. The maximum absolute atomic E-state index is 5.34. The molecule has 0 fully saturated rings. The fourth-order valence-electron chi connectivity index (χ4n) is 2.19. The van der Waals surface area contributed by atoms with Crippen LogP contribution in [-0.4, -0.2) is 14.2 Å².